The van der Waals surface area contributed by atoms with Gasteiger partial charge in [0, 0.05) is 12.2 Å². The first-order valence-corrected chi connectivity index (χ1v) is 5.16. The van der Waals surface area contributed by atoms with Gasteiger partial charge in [-0.15, -0.1) is 0 Å². The fraction of sp³-hybridized carbons (Fsp3) is 0.727. The van der Waals surface area contributed by atoms with Crippen LogP contribution in [0.1, 0.15) is 37.6 Å². The van der Waals surface area contributed by atoms with Crippen LogP contribution >= 0.6 is 0 Å². The van der Waals surface area contributed by atoms with Crippen LogP contribution < -0.4 is 0 Å². The van der Waals surface area contributed by atoms with Crippen molar-refractivity contribution < 1.29 is 0 Å². The topological polar surface area (TPSA) is 17.8 Å². The lowest BCUT2D eigenvalue weighted by atomic mass is 10.0. The molecule has 1 aliphatic rings. The van der Waals surface area contributed by atoms with Crippen LogP contribution in [0.5, 0.6) is 0 Å². The highest BCUT2D eigenvalue weighted by atomic mass is 15.3. The smallest absolute Gasteiger partial charge is 0.0596 e. The Morgan fingerprint density at radius 1 is 1.46 bits per heavy atom. The summed E-state index contributed by atoms with van der Waals surface area (Å²) in [6.45, 7) is 7.63. The molecule has 0 aliphatic heterocycles. The molecule has 0 bridgehead atoms. The Morgan fingerprint density at radius 2 is 2.15 bits per heavy atom. The Morgan fingerprint density at radius 3 is 2.54 bits per heavy atom. The molecule has 2 rings (SSSR count). The van der Waals surface area contributed by atoms with Gasteiger partial charge in [-0.05, 0) is 44.6 Å². The first-order chi connectivity index (χ1) is 6.15. The molecule has 0 aromatic carbocycles. The first-order valence-electron chi connectivity index (χ1n) is 5.16. The summed E-state index contributed by atoms with van der Waals surface area (Å²) in [7, 11) is 0. The van der Waals surface area contributed by atoms with Crippen molar-refractivity contribution >= 4 is 0 Å². The Labute approximate surface area is 80.0 Å². The number of aromatic nitrogens is 2. The molecule has 0 N–H and O–H groups in total. The predicted octanol–water partition coefficient (Wildman–Crippen LogP) is 2.69. The highest BCUT2D eigenvalue weighted by Gasteiger charge is 2.41. The Kier molecular flexibility index (Phi) is 1.94. The van der Waals surface area contributed by atoms with E-state index in [9.17, 15) is 0 Å². The summed E-state index contributed by atoms with van der Waals surface area (Å²) in [5.74, 6) is 0. The molecule has 1 aromatic heterocycles. The van der Waals surface area contributed by atoms with Crippen LogP contribution in [0, 0.1) is 19.3 Å². The van der Waals surface area contributed by atoms with E-state index in [0.29, 0.717) is 5.41 Å². The molecular formula is C11H18N2. The predicted molar refractivity (Wildman–Crippen MR) is 53.7 cm³/mol. The van der Waals surface area contributed by atoms with E-state index in [2.05, 4.69) is 36.6 Å². The van der Waals surface area contributed by atoms with Gasteiger partial charge in [-0.1, -0.05) is 6.92 Å². The summed E-state index contributed by atoms with van der Waals surface area (Å²) in [6, 6.07) is 2.16. The summed E-state index contributed by atoms with van der Waals surface area (Å²) in [5.41, 5.74) is 3.05. The zero-order valence-corrected chi connectivity index (χ0v) is 8.80. The summed E-state index contributed by atoms with van der Waals surface area (Å²) < 4.78 is 2.17. The SMILES string of the molecule is CCC1(Cn2nc(C)cc2C)CC1. The molecule has 0 atom stereocenters. The van der Waals surface area contributed by atoms with Crippen molar-refractivity contribution in [2.24, 2.45) is 5.41 Å². The second kappa shape index (κ2) is 2.86. The molecule has 1 saturated carbocycles. The van der Waals surface area contributed by atoms with Crippen molar-refractivity contribution in [2.75, 3.05) is 0 Å². The molecule has 2 nitrogen and oxygen atoms in total. The monoisotopic (exact) mass is 178 g/mol. The molecule has 1 aromatic rings. The third kappa shape index (κ3) is 1.62. The van der Waals surface area contributed by atoms with Gasteiger partial charge >= 0.3 is 0 Å². The van der Waals surface area contributed by atoms with E-state index in [1.54, 1.807) is 0 Å². The molecule has 0 radical (unpaired) electrons. The van der Waals surface area contributed by atoms with Crippen LogP contribution in [0.2, 0.25) is 0 Å². The van der Waals surface area contributed by atoms with Gasteiger partial charge in [0.2, 0.25) is 0 Å². The lowest BCUT2D eigenvalue weighted by Crippen LogP contribution is -2.13. The second-order valence-electron chi connectivity index (χ2n) is 4.44. The standard InChI is InChI=1S/C11H18N2/c1-4-11(5-6-11)8-13-10(3)7-9(2)12-13/h7H,4-6,8H2,1-3H3. The Bertz CT molecular complexity index is 308. The molecule has 0 unspecified atom stereocenters. The van der Waals surface area contributed by atoms with Crippen LogP contribution in [-0.4, -0.2) is 9.78 Å². The highest BCUT2D eigenvalue weighted by molar-refractivity contribution is 5.07. The van der Waals surface area contributed by atoms with Gasteiger partial charge in [-0.25, -0.2) is 0 Å². The lowest BCUT2D eigenvalue weighted by molar-refractivity contribution is 0.379. The number of rotatable bonds is 3. The van der Waals surface area contributed by atoms with Crippen molar-refractivity contribution in [3.05, 3.63) is 17.5 Å². The normalized spacial score (nSPS) is 19.0. The maximum atomic E-state index is 4.50. The number of hydrogen-bond acceptors (Lipinski definition) is 1. The van der Waals surface area contributed by atoms with Crippen LogP contribution in [0.4, 0.5) is 0 Å². The Balaban J connectivity index is 2.13. The van der Waals surface area contributed by atoms with Crippen LogP contribution in [0.3, 0.4) is 0 Å². The van der Waals surface area contributed by atoms with Crippen molar-refractivity contribution in [3.63, 3.8) is 0 Å². The van der Waals surface area contributed by atoms with Gasteiger partial charge in [-0.3, -0.25) is 4.68 Å². The molecule has 1 heterocycles. The van der Waals surface area contributed by atoms with Crippen molar-refractivity contribution in [1.82, 2.24) is 9.78 Å². The number of nitrogens with zero attached hydrogens (tertiary/aromatic N) is 2. The third-order valence-corrected chi connectivity index (χ3v) is 3.30. The Hall–Kier alpha value is -0.790. The first kappa shape index (κ1) is 8.79. The van der Waals surface area contributed by atoms with Gasteiger partial charge in [0.1, 0.15) is 0 Å². The zero-order chi connectivity index (χ0) is 9.47. The minimum Gasteiger partial charge on any atom is -0.269 e. The summed E-state index contributed by atoms with van der Waals surface area (Å²) >= 11 is 0. The number of hydrogen-bond donors (Lipinski definition) is 0. The number of aryl methyl sites for hydroxylation is 2. The van der Waals surface area contributed by atoms with Crippen molar-refractivity contribution in [3.8, 4) is 0 Å². The van der Waals surface area contributed by atoms with Gasteiger partial charge in [-0.2, -0.15) is 5.10 Å². The average Bonchev–Trinajstić information content (AvgIpc) is 2.77. The van der Waals surface area contributed by atoms with Crippen molar-refractivity contribution in [1.29, 1.82) is 0 Å². The van der Waals surface area contributed by atoms with Gasteiger partial charge in [0.05, 0.1) is 5.69 Å². The minimum atomic E-state index is 0.600. The summed E-state index contributed by atoms with van der Waals surface area (Å²) in [4.78, 5) is 0. The van der Waals surface area contributed by atoms with Crippen molar-refractivity contribution in [2.45, 2.75) is 46.6 Å². The molecule has 0 saturated heterocycles. The molecule has 1 fully saturated rings. The molecule has 0 amide bonds. The maximum absolute atomic E-state index is 4.50. The molecule has 2 heteroatoms. The van der Waals surface area contributed by atoms with E-state index in [4.69, 9.17) is 0 Å². The fourth-order valence-electron chi connectivity index (χ4n) is 1.95. The summed E-state index contributed by atoms with van der Waals surface area (Å²) in [5, 5.41) is 4.50. The maximum Gasteiger partial charge on any atom is 0.0596 e. The largest absolute Gasteiger partial charge is 0.269 e. The van der Waals surface area contributed by atoms with Gasteiger partial charge in [0.25, 0.3) is 0 Å². The van der Waals surface area contributed by atoms with E-state index in [-0.39, 0.29) is 0 Å². The van der Waals surface area contributed by atoms with Crippen LogP contribution in [0.25, 0.3) is 0 Å². The van der Waals surface area contributed by atoms with E-state index < -0.39 is 0 Å². The summed E-state index contributed by atoms with van der Waals surface area (Å²) in [6.07, 6.45) is 4.08. The van der Waals surface area contributed by atoms with E-state index in [1.165, 1.54) is 25.0 Å². The second-order valence-corrected chi connectivity index (χ2v) is 4.44. The molecule has 72 valence electrons. The van der Waals surface area contributed by atoms with E-state index in [0.717, 1.165) is 12.2 Å². The lowest BCUT2D eigenvalue weighted by Gasteiger charge is -2.13. The van der Waals surface area contributed by atoms with Crippen LogP contribution in [-0.2, 0) is 6.54 Å². The fourth-order valence-corrected chi connectivity index (χ4v) is 1.95. The van der Waals surface area contributed by atoms with E-state index in [1.807, 2.05) is 0 Å². The zero-order valence-electron chi connectivity index (χ0n) is 8.80. The molecule has 13 heavy (non-hydrogen) atoms. The van der Waals surface area contributed by atoms with E-state index >= 15 is 0 Å². The highest BCUT2D eigenvalue weighted by Crippen LogP contribution is 2.49. The van der Waals surface area contributed by atoms with Gasteiger partial charge in [0.15, 0.2) is 0 Å². The van der Waals surface area contributed by atoms with Gasteiger partial charge < -0.3 is 0 Å². The third-order valence-electron chi connectivity index (χ3n) is 3.30. The van der Waals surface area contributed by atoms with Crippen LogP contribution in [0.15, 0.2) is 6.07 Å². The average molecular weight is 178 g/mol. The molecule has 0 spiro atoms. The molecule has 1 aliphatic carbocycles. The minimum absolute atomic E-state index is 0.600. The quantitative estimate of drug-likeness (QED) is 0.696. The molecular weight excluding hydrogens is 160 g/mol.